The fourth-order valence-electron chi connectivity index (χ4n) is 2.30. The molecule has 0 aliphatic heterocycles. The molecule has 0 radical (unpaired) electrons. The molecule has 2 heterocycles. The van der Waals surface area contributed by atoms with Crippen LogP contribution in [0.5, 0.6) is 0 Å². The third-order valence-electron chi connectivity index (χ3n) is 3.47. The van der Waals surface area contributed by atoms with Crippen LogP contribution in [0.25, 0.3) is 11.1 Å². The van der Waals surface area contributed by atoms with Gasteiger partial charge in [-0.15, -0.1) is 0 Å². The van der Waals surface area contributed by atoms with Crippen molar-refractivity contribution in [3.8, 4) is 11.1 Å². The molecule has 1 aromatic carbocycles. The molecule has 0 aliphatic rings. The van der Waals surface area contributed by atoms with E-state index in [4.69, 9.17) is 11.6 Å². The minimum atomic E-state index is -1.86. The average molecular weight is 405 g/mol. The molecule has 9 heteroatoms. The Labute approximate surface area is 163 Å². The van der Waals surface area contributed by atoms with Gasteiger partial charge in [-0.05, 0) is 24.3 Å². The first-order chi connectivity index (χ1) is 12.9. The van der Waals surface area contributed by atoms with Crippen molar-refractivity contribution in [1.29, 1.82) is 0 Å². The molecular formula is C18H14ClFN4O2S. The van der Waals surface area contributed by atoms with Gasteiger partial charge < -0.3 is 9.87 Å². The van der Waals surface area contributed by atoms with Gasteiger partial charge in [-0.25, -0.2) is 14.1 Å². The summed E-state index contributed by atoms with van der Waals surface area (Å²) in [5.41, 5.74) is 2.11. The lowest BCUT2D eigenvalue weighted by Crippen LogP contribution is -2.15. The summed E-state index contributed by atoms with van der Waals surface area (Å²) < 4.78 is 28.9. The Morgan fingerprint density at radius 1 is 1.19 bits per heavy atom. The summed E-state index contributed by atoms with van der Waals surface area (Å²) in [5, 5.41) is 2.74. The van der Waals surface area contributed by atoms with Crippen molar-refractivity contribution in [2.45, 2.75) is 11.8 Å². The minimum absolute atomic E-state index is 0.00768. The molecule has 3 rings (SSSR count). The van der Waals surface area contributed by atoms with E-state index in [9.17, 15) is 13.7 Å². The molecule has 6 nitrogen and oxygen atoms in total. The van der Waals surface area contributed by atoms with Crippen molar-refractivity contribution < 1.29 is 13.7 Å². The van der Waals surface area contributed by atoms with Gasteiger partial charge in [0.1, 0.15) is 17.0 Å². The molecule has 0 aliphatic carbocycles. The lowest BCUT2D eigenvalue weighted by Gasteiger charge is -2.13. The maximum Gasteiger partial charge on any atom is 0.221 e. The van der Waals surface area contributed by atoms with E-state index in [0.29, 0.717) is 16.8 Å². The molecule has 2 aromatic heterocycles. The molecular weight excluding hydrogens is 391 g/mol. The van der Waals surface area contributed by atoms with Gasteiger partial charge in [-0.1, -0.05) is 23.7 Å². The maximum absolute atomic E-state index is 13.8. The van der Waals surface area contributed by atoms with Crippen LogP contribution >= 0.6 is 11.6 Å². The van der Waals surface area contributed by atoms with E-state index in [2.05, 4.69) is 20.0 Å². The van der Waals surface area contributed by atoms with Gasteiger partial charge in [0, 0.05) is 30.4 Å². The molecule has 2 N–H and O–H groups in total. The van der Waals surface area contributed by atoms with Gasteiger partial charge in [-0.3, -0.25) is 9.78 Å². The molecule has 0 bridgehead atoms. The molecule has 0 spiro atoms. The monoisotopic (exact) mass is 404 g/mol. The normalized spacial score (nSPS) is 11.7. The number of aromatic nitrogens is 2. The van der Waals surface area contributed by atoms with Crippen LogP contribution < -0.4 is 10.0 Å². The molecule has 0 fully saturated rings. The van der Waals surface area contributed by atoms with Crippen LogP contribution in [0.15, 0.2) is 59.9 Å². The van der Waals surface area contributed by atoms with Crippen LogP contribution in [0.2, 0.25) is 5.15 Å². The number of nitrogens with one attached hydrogen (secondary N) is 2. The second-order valence-electron chi connectivity index (χ2n) is 5.51. The van der Waals surface area contributed by atoms with E-state index < -0.39 is 17.2 Å². The van der Waals surface area contributed by atoms with Crippen molar-refractivity contribution in [3.63, 3.8) is 0 Å². The summed E-state index contributed by atoms with van der Waals surface area (Å²) >= 11 is 4.23. The van der Waals surface area contributed by atoms with Crippen molar-refractivity contribution in [3.05, 3.63) is 66.0 Å². The van der Waals surface area contributed by atoms with Crippen LogP contribution in [0.4, 0.5) is 15.8 Å². The van der Waals surface area contributed by atoms with Gasteiger partial charge in [0.05, 0.1) is 11.9 Å². The Morgan fingerprint density at radius 2 is 1.93 bits per heavy atom. The molecule has 138 valence electrons. The van der Waals surface area contributed by atoms with E-state index in [1.807, 2.05) is 0 Å². The lowest BCUT2D eigenvalue weighted by molar-refractivity contribution is -0.114. The fraction of sp³-hybridized carbons (Fsp3) is 0.0556. The standard InChI is InChI=1S/C18H14ClFN4O2S/c1-11(25)23-14-6-12(8-21-10-14)13-7-16(18(19)22-9-13)24-27(26)17-5-3-2-4-15(17)20/h2-10,24H,1H3,(H,23,25). The predicted octanol–water partition coefficient (Wildman–Crippen LogP) is 4.03. The molecule has 0 saturated carbocycles. The summed E-state index contributed by atoms with van der Waals surface area (Å²) in [6.07, 6.45) is 4.63. The lowest BCUT2D eigenvalue weighted by atomic mass is 10.1. The SMILES string of the molecule is CC(=O)Nc1cncc(-c2cnc(Cl)c(N[S+]([O-])c3ccccc3F)c2)c1. The zero-order valence-electron chi connectivity index (χ0n) is 14.1. The first kappa shape index (κ1) is 19.1. The van der Waals surface area contributed by atoms with Crippen molar-refractivity contribution in [1.82, 2.24) is 9.97 Å². The Hall–Kier alpha value is -2.68. The summed E-state index contributed by atoms with van der Waals surface area (Å²) in [6.45, 7) is 1.40. The zero-order chi connectivity index (χ0) is 19.4. The van der Waals surface area contributed by atoms with Crippen molar-refractivity contribution >= 4 is 40.2 Å². The van der Waals surface area contributed by atoms with E-state index in [1.165, 1.54) is 37.5 Å². The number of anilines is 2. The van der Waals surface area contributed by atoms with Gasteiger partial charge in [-0.2, -0.15) is 0 Å². The van der Waals surface area contributed by atoms with E-state index in [1.54, 1.807) is 24.4 Å². The number of halogens is 2. The van der Waals surface area contributed by atoms with Crippen LogP contribution in [0.1, 0.15) is 6.92 Å². The Balaban J connectivity index is 1.89. The summed E-state index contributed by atoms with van der Waals surface area (Å²) in [5.74, 6) is -0.804. The highest BCUT2D eigenvalue weighted by atomic mass is 35.5. The fourth-order valence-corrected chi connectivity index (χ4v) is 3.42. The van der Waals surface area contributed by atoms with Gasteiger partial charge in [0.2, 0.25) is 10.8 Å². The number of hydrogen-bond donors (Lipinski definition) is 2. The summed E-state index contributed by atoms with van der Waals surface area (Å²) in [6, 6.07) is 9.10. The number of hydrogen-bond acceptors (Lipinski definition) is 5. The quantitative estimate of drug-likeness (QED) is 0.495. The summed E-state index contributed by atoms with van der Waals surface area (Å²) in [4.78, 5) is 19.4. The first-order valence-electron chi connectivity index (χ1n) is 7.75. The molecule has 0 saturated heterocycles. The Kier molecular flexibility index (Phi) is 5.90. The number of pyridine rings is 2. The number of rotatable bonds is 5. The van der Waals surface area contributed by atoms with Crippen LogP contribution in [0.3, 0.4) is 0 Å². The second kappa shape index (κ2) is 8.34. The predicted molar refractivity (Wildman–Crippen MR) is 103 cm³/mol. The maximum atomic E-state index is 13.8. The Bertz CT molecular complexity index is 989. The second-order valence-corrected chi connectivity index (χ2v) is 7.05. The van der Waals surface area contributed by atoms with E-state index in [-0.39, 0.29) is 21.6 Å². The Morgan fingerprint density at radius 3 is 2.67 bits per heavy atom. The van der Waals surface area contributed by atoms with Crippen LogP contribution in [-0.4, -0.2) is 20.4 Å². The largest absolute Gasteiger partial charge is 0.588 e. The number of nitrogens with zero attached hydrogens (tertiary/aromatic N) is 2. The molecule has 3 aromatic rings. The van der Waals surface area contributed by atoms with Crippen LogP contribution in [0, 0.1) is 5.82 Å². The highest BCUT2D eigenvalue weighted by Gasteiger charge is 2.19. The molecule has 1 amide bonds. The molecule has 1 unspecified atom stereocenters. The molecule has 27 heavy (non-hydrogen) atoms. The van der Waals surface area contributed by atoms with Crippen molar-refractivity contribution in [2.24, 2.45) is 0 Å². The smallest absolute Gasteiger partial charge is 0.221 e. The van der Waals surface area contributed by atoms with E-state index >= 15 is 0 Å². The molecule has 1 atom stereocenters. The number of amides is 1. The van der Waals surface area contributed by atoms with Crippen molar-refractivity contribution in [2.75, 3.05) is 10.0 Å². The number of carbonyl (C=O) groups excluding carboxylic acids is 1. The number of benzene rings is 1. The van der Waals surface area contributed by atoms with E-state index in [0.717, 1.165) is 0 Å². The topological polar surface area (TPSA) is 90.0 Å². The van der Waals surface area contributed by atoms with Gasteiger partial charge in [0.25, 0.3) is 0 Å². The third kappa shape index (κ3) is 4.73. The first-order valence-corrected chi connectivity index (χ1v) is 9.28. The van der Waals surface area contributed by atoms with Gasteiger partial charge >= 0.3 is 0 Å². The zero-order valence-corrected chi connectivity index (χ0v) is 15.6. The van der Waals surface area contributed by atoms with Gasteiger partial charge in [0.15, 0.2) is 11.0 Å². The summed E-state index contributed by atoms with van der Waals surface area (Å²) in [7, 11) is 0. The highest BCUT2D eigenvalue weighted by Crippen LogP contribution is 2.29. The average Bonchev–Trinajstić information content (AvgIpc) is 2.63. The highest BCUT2D eigenvalue weighted by molar-refractivity contribution is 7.92. The third-order valence-corrected chi connectivity index (χ3v) is 4.91. The number of carbonyl (C=O) groups is 1. The van der Waals surface area contributed by atoms with Crippen LogP contribution in [-0.2, 0) is 16.2 Å². The minimum Gasteiger partial charge on any atom is -0.588 e.